The molecule has 2 nitrogen and oxygen atoms in total. The van der Waals surface area contributed by atoms with E-state index in [1.165, 1.54) is 109 Å². The van der Waals surface area contributed by atoms with Gasteiger partial charge in [-0.15, -0.1) is 0 Å². The first kappa shape index (κ1) is 34.6. The van der Waals surface area contributed by atoms with Crippen LogP contribution in [0, 0.1) is 0 Å². The number of para-hydroxylation sites is 2. The van der Waals surface area contributed by atoms with Crippen LogP contribution in [0.1, 0.15) is 0 Å². The summed E-state index contributed by atoms with van der Waals surface area (Å²) < 4.78 is 4.97. The average molecular weight is 787 g/mol. The van der Waals surface area contributed by atoms with E-state index in [1.807, 2.05) is 0 Å². The van der Waals surface area contributed by atoms with Crippen molar-refractivity contribution in [2.45, 2.75) is 0 Å². The van der Waals surface area contributed by atoms with E-state index in [-0.39, 0.29) is 0 Å². The van der Waals surface area contributed by atoms with Gasteiger partial charge >= 0.3 is 0 Å². The number of aromatic nitrogens is 2. The molecule has 0 amide bonds. The Morgan fingerprint density at radius 2 is 0.597 bits per heavy atom. The first-order valence-corrected chi connectivity index (χ1v) is 21.4. The molecule has 0 spiro atoms. The van der Waals surface area contributed by atoms with Gasteiger partial charge in [-0.25, -0.2) is 0 Å². The molecule has 288 valence electrons. The predicted octanol–water partition coefficient (Wildman–Crippen LogP) is 16.3. The lowest BCUT2D eigenvalue weighted by Crippen LogP contribution is -1.99. The minimum Gasteiger partial charge on any atom is -0.307 e. The largest absolute Gasteiger partial charge is 0.307 e. The topological polar surface area (TPSA) is 9.86 Å². The summed E-state index contributed by atoms with van der Waals surface area (Å²) in [6.45, 7) is 0. The van der Waals surface area contributed by atoms with Gasteiger partial charge in [0.25, 0.3) is 0 Å². The second kappa shape index (κ2) is 13.7. The van der Waals surface area contributed by atoms with Gasteiger partial charge in [-0.05, 0) is 120 Å². The van der Waals surface area contributed by atoms with Gasteiger partial charge in [0.15, 0.2) is 0 Å². The summed E-state index contributed by atoms with van der Waals surface area (Å²) in [4.78, 5) is 0. The molecule has 13 aromatic rings. The smallest absolute Gasteiger partial charge is 0.0788 e. The van der Waals surface area contributed by atoms with Crippen molar-refractivity contribution >= 4 is 75.9 Å². The number of hydrogen-bond donors (Lipinski definition) is 0. The van der Waals surface area contributed by atoms with Crippen molar-refractivity contribution < 1.29 is 0 Å². The van der Waals surface area contributed by atoms with Crippen molar-refractivity contribution in [3.63, 3.8) is 0 Å². The van der Waals surface area contributed by atoms with Gasteiger partial charge in [-0.2, -0.15) is 0 Å². The quantitative estimate of drug-likeness (QED) is 0.154. The van der Waals surface area contributed by atoms with Crippen LogP contribution >= 0.6 is 0 Å². The molecule has 0 unspecified atom stereocenters. The highest BCUT2D eigenvalue weighted by Crippen LogP contribution is 2.43. The molecule has 2 aromatic heterocycles. The summed E-state index contributed by atoms with van der Waals surface area (Å²) in [5.41, 5.74) is 14.3. The highest BCUT2D eigenvalue weighted by molar-refractivity contribution is 6.26. The summed E-state index contributed by atoms with van der Waals surface area (Å²) in [7, 11) is 0. The summed E-state index contributed by atoms with van der Waals surface area (Å²) >= 11 is 0. The Morgan fingerprint density at radius 1 is 0.194 bits per heavy atom. The van der Waals surface area contributed by atoms with Gasteiger partial charge in [0.1, 0.15) is 0 Å². The Morgan fingerprint density at radius 3 is 1.29 bits per heavy atom. The van der Waals surface area contributed by atoms with E-state index in [2.05, 4.69) is 240 Å². The van der Waals surface area contributed by atoms with Crippen molar-refractivity contribution in [2.24, 2.45) is 0 Å². The molecule has 0 aliphatic carbocycles. The van der Waals surface area contributed by atoms with Crippen molar-refractivity contribution in [1.29, 1.82) is 0 Å². The van der Waals surface area contributed by atoms with Gasteiger partial charge in [0.2, 0.25) is 0 Å². The molecule has 0 N–H and O–H groups in total. The monoisotopic (exact) mass is 786 g/mol. The van der Waals surface area contributed by atoms with Gasteiger partial charge < -0.3 is 9.13 Å². The first-order valence-electron chi connectivity index (χ1n) is 21.4. The summed E-state index contributed by atoms with van der Waals surface area (Å²) in [5, 5.41) is 12.7. The standard InChI is InChI=1S/C60H38N2/c1-3-15-39(16-4-1)43-30-34-58-56(38-43)54-33-32-53-52-27-11-12-28-57(52)62(59(53)60(54)61(58)45-20-5-2-6-21-45)46-22-14-19-42(36-46)40-17-13-18-41(35-40)44-29-31-51-49-25-8-7-23-47(49)48-24-9-10-26-50(48)55(51)37-44/h1-38H. The minimum absolute atomic E-state index is 1.13. The molecular formula is C60H38N2. The molecule has 11 aromatic carbocycles. The highest BCUT2D eigenvalue weighted by Gasteiger charge is 2.22. The van der Waals surface area contributed by atoms with E-state index in [9.17, 15) is 0 Å². The number of nitrogens with zero attached hydrogens (tertiary/aromatic N) is 2. The third-order valence-corrected chi connectivity index (χ3v) is 13.1. The van der Waals surface area contributed by atoms with Crippen LogP contribution in [0.15, 0.2) is 231 Å². The molecule has 0 bridgehead atoms. The summed E-state index contributed by atoms with van der Waals surface area (Å²) in [6.07, 6.45) is 0. The third kappa shape index (κ3) is 5.23. The maximum Gasteiger partial charge on any atom is 0.0788 e. The van der Waals surface area contributed by atoms with Crippen molar-refractivity contribution in [1.82, 2.24) is 9.13 Å². The molecule has 0 fully saturated rings. The second-order valence-electron chi connectivity index (χ2n) is 16.5. The molecular weight excluding hydrogens is 749 g/mol. The first-order chi connectivity index (χ1) is 30.8. The zero-order valence-electron chi connectivity index (χ0n) is 33.8. The lowest BCUT2D eigenvalue weighted by Gasteiger charge is -2.14. The SMILES string of the molecule is c1ccc(-c2ccc3c(c2)c2ccc4c5ccccc5n(-c5cccc(-c6cccc(-c7ccc8c9ccccc9c9ccccc9c8c7)c6)c5)c4c2n3-c2ccccc2)cc1. The number of benzene rings is 11. The molecule has 62 heavy (non-hydrogen) atoms. The minimum atomic E-state index is 1.13. The molecule has 0 atom stereocenters. The Hall–Kier alpha value is -8.20. The zero-order valence-corrected chi connectivity index (χ0v) is 33.8. The van der Waals surface area contributed by atoms with Gasteiger partial charge in [0, 0.05) is 32.9 Å². The molecule has 0 radical (unpaired) electrons. The van der Waals surface area contributed by atoms with Crippen LogP contribution in [-0.4, -0.2) is 9.13 Å². The lowest BCUT2D eigenvalue weighted by molar-refractivity contribution is 1.15. The fraction of sp³-hybridized carbons (Fsp3) is 0. The van der Waals surface area contributed by atoms with Crippen LogP contribution in [0.3, 0.4) is 0 Å². The summed E-state index contributed by atoms with van der Waals surface area (Å²) in [5.74, 6) is 0. The number of rotatable bonds is 5. The van der Waals surface area contributed by atoms with E-state index < -0.39 is 0 Å². The predicted molar refractivity (Wildman–Crippen MR) is 264 cm³/mol. The normalized spacial score (nSPS) is 11.9. The van der Waals surface area contributed by atoms with E-state index in [1.54, 1.807) is 0 Å². The zero-order chi connectivity index (χ0) is 40.7. The van der Waals surface area contributed by atoms with Crippen LogP contribution in [0.25, 0.3) is 121 Å². The van der Waals surface area contributed by atoms with Crippen LogP contribution < -0.4 is 0 Å². The van der Waals surface area contributed by atoms with Crippen molar-refractivity contribution in [2.75, 3.05) is 0 Å². The van der Waals surface area contributed by atoms with Crippen LogP contribution in [-0.2, 0) is 0 Å². The molecule has 0 aliphatic heterocycles. The van der Waals surface area contributed by atoms with Crippen molar-refractivity contribution in [3.8, 4) is 44.8 Å². The Balaban J connectivity index is 1.01. The highest BCUT2D eigenvalue weighted by atomic mass is 15.0. The Labute approximate surface area is 358 Å². The molecule has 2 heterocycles. The van der Waals surface area contributed by atoms with Gasteiger partial charge in [-0.1, -0.05) is 176 Å². The average Bonchev–Trinajstić information content (AvgIpc) is 3.87. The Kier molecular flexibility index (Phi) is 7.64. The van der Waals surface area contributed by atoms with Crippen LogP contribution in [0.4, 0.5) is 0 Å². The number of hydrogen-bond acceptors (Lipinski definition) is 0. The lowest BCUT2D eigenvalue weighted by atomic mass is 9.91. The molecule has 13 rings (SSSR count). The number of fused-ring (bicyclic) bond motifs is 13. The fourth-order valence-corrected chi connectivity index (χ4v) is 10.3. The van der Waals surface area contributed by atoms with Gasteiger partial charge in [0.05, 0.1) is 22.1 Å². The maximum absolute atomic E-state index is 2.50. The Bertz CT molecular complexity index is 3870. The van der Waals surface area contributed by atoms with E-state index in [0.29, 0.717) is 0 Å². The van der Waals surface area contributed by atoms with Crippen LogP contribution in [0.2, 0.25) is 0 Å². The summed E-state index contributed by atoms with van der Waals surface area (Å²) in [6, 6.07) is 84.7. The van der Waals surface area contributed by atoms with Gasteiger partial charge in [-0.3, -0.25) is 0 Å². The van der Waals surface area contributed by atoms with E-state index in [4.69, 9.17) is 0 Å². The van der Waals surface area contributed by atoms with E-state index >= 15 is 0 Å². The van der Waals surface area contributed by atoms with E-state index in [0.717, 1.165) is 11.4 Å². The molecule has 2 heteroatoms. The van der Waals surface area contributed by atoms with Crippen LogP contribution in [0.5, 0.6) is 0 Å². The molecule has 0 saturated carbocycles. The third-order valence-electron chi connectivity index (χ3n) is 13.1. The second-order valence-corrected chi connectivity index (χ2v) is 16.5. The van der Waals surface area contributed by atoms with Crippen molar-refractivity contribution in [3.05, 3.63) is 231 Å². The molecule has 0 aliphatic rings. The fourth-order valence-electron chi connectivity index (χ4n) is 10.3. The molecule has 0 saturated heterocycles. The maximum atomic E-state index is 2.50.